The van der Waals surface area contributed by atoms with E-state index in [1.54, 1.807) is 7.11 Å². The molecule has 2 N–H and O–H groups in total. The first-order valence-electron chi connectivity index (χ1n) is 11.4. The maximum Gasteiger partial charge on any atom is 0.254 e. The van der Waals surface area contributed by atoms with Crippen molar-refractivity contribution in [1.82, 2.24) is 10.2 Å². The van der Waals surface area contributed by atoms with E-state index in [1.165, 1.54) is 0 Å². The normalized spacial score (nSPS) is 16.8. The lowest BCUT2D eigenvalue weighted by Gasteiger charge is -2.29. The van der Waals surface area contributed by atoms with Crippen molar-refractivity contribution in [2.75, 3.05) is 20.3 Å². The molecular formula is C25H31N3O4. The van der Waals surface area contributed by atoms with Crippen molar-refractivity contribution in [3.63, 3.8) is 0 Å². The zero-order chi connectivity index (χ0) is 22.3. The molecule has 2 aliphatic heterocycles. The number of fused-ring (bicyclic) bond motifs is 2. The van der Waals surface area contributed by atoms with Gasteiger partial charge in [-0.1, -0.05) is 56.0 Å². The summed E-state index contributed by atoms with van der Waals surface area (Å²) in [5.74, 6) is 1.89. The van der Waals surface area contributed by atoms with Gasteiger partial charge in [-0.2, -0.15) is 0 Å². The molecule has 0 saturated carbocycles. The number of benzene rings is 2. The number of methoxy groups -OCH3 is 1. The number of rotatable bonds is 11. The molecular weight excluding hydrogens is 406 g/mol. The predicted molar refractivity (Wildman–Crippen MR) is 123 cm³/mol. The fraction of sp³-hybridized carbons (Fsp3) is 0.440. The van der Waals surface area contributed by atoms with Gasteiger partial charge >= 0.3 is 0 Å². The van der Waals surface area contributed by atoms with Crippen LogP contribution in [0, 0.1) is 0 Å². The number of nitrogens with zero attached hydrogens (tertiary/aromatic N) is 2. The molecule has 7 heteroatoms. The number of amides is 1. The number of aliphatic imine (C=N–C) groups is 1. The highest BCUT2D eigenvalue weighted by atomic mass is 16.5. The molecule has 1 atom stereocenters. The number of aliphatic hydroxyl groups is 1. The fourth-order valence-electron chi connectivity index (χ4n) is 4.32. The summed E-state index contributed by atoms with van der Waals surface area (Å²) >= 11 is 0. The maximum atomic E-state index is 12.7. The highest BCUT2D eigenvalue weighted by Gasteiger charge is 2.41. The molecule has 2 aromatic rings. The Balaban J connectivity index is 1.44. The Morgan fingerprint density at radius 3 is 2.56 bits per heavy atom. The van der Waals surface area contributed by atoms with Crippen LogP contribution in [0.15, 0.2) is 47.5 Å². The standard InChI is InChI=1S/C25H31N3O4/c1-31-23-19-17-28-22(18-11-7-6-8-12-18)24(30)27-25(28)26-20(19)13-14-21(23)32-16-10-5-3-2-4-9-15-29/h6-8,11-14,22,29H,2-5,9-10,15-17H2,1H3,(H,26,27,30). The molecule has 4 rings (SSSR count). The van der Waals surface area contributed by atoms with Crippen LogP contribution in [-0.2, 0) is 11.3 Å². The Labute approximate surface area is 189 Å². The van der Waals surface area contributed by atoms with Crippen molar-refractivity contribution < 1.29 is 19.4 Å². The highest BCUT2D eigenvalue weighted by molar-refractivity contribution is 6.08. The van der Waals surface area contributed by atoms with Crippen molar-refractivity contribution in [2.24, 2.45) is 4.99 Å². The summed E-state index contributed by atoms with van der Waals surface area (Å²) in [6, 6.07) is 13.1. The summed E-state index contributed by atoms with van der Waals surface area (Å²) in [4.78, 5) is 19.4. The number of hydrogen-bond acceptors (Lipinski definition) is 6. The topological polar surface area (TPSA) is 83.4 Å². The van der Waals surface area contributed by atoms with Gasteiger partial charge in [0.1, 0.15) is 6.04 Å². The summed E-state index contributed by atoms with van der Waals surface area (Å²) in [5, 5.41) is 11.8. The van der Waals surface area contributed by atoms with Gasteiger partial charge in [0.15, 0.2) is 11.5 Å². The van der Waals surface area contributed by atoms with Gasteiger partial charge in [0.2, 0.25) is 5.96 Å². The minimum absolute atomic E-state index is 0.0721. The Bertz CT molecular complexity index is 961. The molecule has 1 amide bonds. The highest BCUT2D eigenvalue weighted by Crippen LogP contribution is 2.43. The number of nitrogens with one attached hydrogen (secondary N) is 1. The van der Waals surface area contributed by atoms with E-state index in [1.807, 2.05) is 47.4 Å². The Morgan fingerprint density at radius 1 is 1.06 bits per heavy atom. The van der Waals surface area contributed by atoms with Crippen LogP contribution in [0.25, 0.3) is 0 Å². The Morgan fingerprint density at radius 2 is 1.81 bits per heavy atom. The molecule has 1 fully saturated rings. The summed E-state index contributed by atoms with van der Waals surface area (Å²) in [6.45, 7) is 1.41. The van der Waals surface area contributed by atoms with E-state index >= 15 is 0 Å². The van der Waals surface area contributed by atoms with Gasteiger partial charge in [0, 0.05) is 12.2 Å². The van der Waals surface area contributed by atoms with Crippen LogP contribution in [0.3, 0.4) is 0 Å². The maximum absolute atomic E-state index is 12.7. The molecule has 7 nitrogen and oxygen atoms in total. The van der Waals surface area contributed by atoms with E-state index in [-0.39, 0.29) is 12.5 Å². The number of aliphatic hydroxyl groups excluding tert-OH is 1. The smallest absolute Gasteiger partial charge is 0.254 e. The van der Waals surface area contributed by atoms with Crippen LogP contribution in [0.4, 0.5) is 5.69 Å². The number of carbonyl (C=O) groups excluding carboxylic acids is 1. The van der Waals surface area contributed by atoms with Crippen molar-refractivity contribution in [3.8, 4) is 11.5 Å². The molecule has 1 saturated heterocycles. The third-order valence-corrected chi connectivity index (χ3v) is 5.95. The monoisotopic (exact) mass is 437 g/mol. The first-order valence-corrected chi connectivity index (χ1v) is 11.4. The van der Waals surface area contributed by atoms with Crippen LogP contribution >= 0.6 is 0 Å². The van der Waals surface area contributed by atoms with Gasteiger partial charge < -0.3 is 19.5 Å². The predicted octanol–water partition coefficient (Wildman–Crippen LogP) is 4.08. The molecule has 2 aromatic carbocycles. The van der Waals surface area contributed by atoms with Crippen molar-refractivity contribution in [1.29, 1.82) is 0 Å². The van der Waals surface area contributed by atoms with E-state index in [0.29, 0.717) is 30.6 Å². The molecule has 0 aliphatic carbocycles. The van der Waals surface area contributed by atoms with Gasteiger partial charge in [0.05, 0.1) is 25.9 Å². The van der Waals surface area contributed by atoms with Crippen LogP contribution < -0.4 is 14.8 Å². The van der Waals surface area contributed by atoms with Crippen LogP contribution in [0.2, 0.25) is 0 Å². The average molecular weight is 438 g/mol. The second-order valence-corrected chi connectivity index (χ2v) is 8.15. The summed E-state index contributed by atoms with van der Waals surface area (Å²) in [7, 11) is 1.64. The summed E-state index contributed by atoms with van der Waals surface area (Å²) < 4.78 is 11.8. The number of hydrogen-bond donors (Lipinski definition) is 2. The van der Waals surface area contributed by atoms with Crippen LogP contribution in [-0.4, -0.2) is 42.2 Å². The molecule has 1 unspecified atom stereocenters. The van der Waals surface area contributed by atoms with Gasteiger partial charge in [-0.05, 0) is 30.5 Å². The Hall–Kier alpha value is -3.06. The lowest BCUT2D eigenvalue weighted by atomic mass is 10.0. The average Bonchev–Trinajstić information content (AvgIpc) is 3.14. The zero-order valence-corrected chi connectivity index (χ0v) is 18.5. The molecule has 2 heterocycles. The third-order valence-electron chi connectivity index (χ3n) is 5.95. The molecule has 32 heavy (non-hydrogen) atoms. The van der Waals surface area contributed by atoms with Crippen LogP contribution in [0.5, 0.6) is 11.5 Å². The van der Waals surface area contributed by atoms with Gasteiger partial charge in [-0.25, -0.2) is 4.99 Å². The van der Waals surface area contributed by atoms with Gasteiger partial charge in [0.25, 0.3) is 5.91 Å². The molecule has 0 bridgehead atoms. The van der Waals surface area contributed by atoms with Crippen molar-refractivity contribution >= 4 is 17.6 Å². The second kappa shape index (κ2) is 10.5. The first kappa shape index (κ1) is 22.1. The van der Waals surface area contributed by atoms with Crippen LogP contribution in [0.1, 0.15) is 55.7 Å². The number of ether oxygens (including phenoxy) is 2. The number of unbranched alkanes of at least 4 members (excludes halogenated alkanes) is 5. The fourth-order valence-corrected chi connectivity index (χ4v) is 4.32. The summed E-state index contributed by atoms with van der Waals surface area (Å²) in [6.07, 6.45) is 6.34. The van der Waals surface area contributed by atoms with Gasteiger partial charge in [-0.15, -0.1) is 0 Å². The lowest BCUT2D eigenvalue weighted by Crippen LogP contribution is -2.33. The Kier molecular flexibility index (Phi) is 7.27. The molecule has 0 radical (unpaired) electrons. The SMILES string of the molecule is COc1c(OCCCCCCCCO)ccc2c1CN1C(=N2)NC(=O)C1c1ccccc1. The second-order valence-electron chi connectivity index (χ2n) is 8.15. The number of guanidine groups is 1. The quantitative estimate of drug-likeness (QED) is 0.518. The van der Waals surface area contributed by atoms with Gasteiger partial charge in [-0.3, -0.25) is 10.1 Å². The molecule has 0 spiro atoms. The largest absolute Gasteiger partial charge is 0.492 e. The number of carbonyl (C=O) groups is 1. The minimum Gasteiger partial charge on any atom is -0.492 e. The zero-order valence-electron chi connectivity index (χ0n) is 18.5. The van der Waals surface area contributed by atoms with Crippen molar-refractivity contribution in [2.45, 2.75) is 51.1 Å². The van der Waals surface area contributed by atoms with E-state index in [2.05, 4.69) is 10.3 Å². The van der Waals surface area contributed by atoms with Crippen molar-refractivity contribution in [3.05, 3.63) is 53.6 Å². The molecule has 170 valence electrons. The molecule has 2 aliphatic rings. The lowest BCUT2D eigenvalue weighted by molar-refractivity contribution is -0.121. The third kappa shape index (κ3) is 4.72. The van der Waals surface area contributed by atoms with E-state index in [9.17, 15) is 4.79 Å². The van der Waals surface area contributed by atoms with E-state index < -0.39 is 6.04 Å². The van der Waals surface area contributed by atoms with E-state index in [0.717, 1.165) is 55.3 Å². The first-order chi connectivity index (χ1) is 15.7. The van der Waals surface area contributed by atoms with E-state index in [4.69, 9.17) is 14.6 Å². The minimum atomic E-state index is -0.414. The summed E-state index contributed by atoms with van der Waals surface area (Å²) in [5.41, 5.74) is 2.65. The molecule has 0 aromatic heterocycles.